The van der Waals surface area contributed by atoms with Crippen molar-refractivity contribution >= 4 is 34.7 Å². The molecule has 0 spiro atoms. The Morgan fingerprint density at radius 2 is 2.08 bits per heavy atom. The van der Waals surface area contributed by atoms with Crippen molar-refractivity contribution in [3.05, 3.63) is 34.0 Å². The number of carbonyl (C=O) groups is 1. The molecule has 1 aliphatic heterocycles. The highest BCUT2D eigenvalue weighted by Crippen LogP contribution is 2.40. The van der Waals surface area contributed by atoms with E-state index in [9.17, 15) is 4.79 Å². The van der Waals surface area contributed by atoms with Gasteiger partial charge in [-0.15, -0.1) is 0 Å². The molecule has 1 unspecified atom stereocenters. The van der Waals surface area contributed by atoms with E-state index in [-0.39, 0.29) is 11.9 Å². The molecule has 1 aromatic rings. The molecule has 0 fully saturated rings. The molecular weight excluding hydrogens is 360 g/mol. The SMILES string of the molecule is CCOc1cc(C2NC(=S)NC(C)=C2C(C)=O)cc(Cl)c1OC(C)C. The van der Waals surface area contributed by atoms with E-state index < -0.39 is 6.04 Å². The third kappa shape index (κ3) is 4.44. The molecule has 25 heavy (non-hydrogen) atoms. The number of halogens is 1. The number of nitrogens with one attached hydrogen (secondary N) is 2. The molecule has 136 valence electrons. The smallest absolute Gasteiger partial charge is 0.180 e. The molecule has 7 heteroatoms. The normalized spacial score (nSPS) is 17.2. The number of hydrogen-bond acceptors (Lipinski definition) is 4. The van der Waals surface area contributed by atoms with Crippen molar-refractivity contribution < 1.29 is 14.3 Å². The fourth-order valence-electron chi connectivity index (χ4n) is 2.78. The molecule has 1 aromatic carbocycles. The van der Waals surface area contributed by atoms with Gasteiger partial charge in [0.2, 0.25) is 0 Å². The van der Waals surface area contributed by atoms with E-state index in [1.165, 1.54) is 6.92 Å². The van der Waals surface area contributed by atoms with Crippen LogP contribution in [-0.2, 0) is 4.79 Å². The van der Waals surface area contributed by atoms with E-state index in [2.05, 4.69) is 10.6 Å². The van der Waals surface area contributed by atoms with Crippen LogP contribution >= 0.6 is 23.8 Å². The van der Waals surface area contributed by atoms with Gasteiger partial charge in [0.05, 0.1) is 23.8 Å². The van der Waals surface area contributed by atoms with Crippen LogP contribution in [0.3, 0.4) is 0 Å². The minimum atomic E-state index is -0.393. The summed E-state index contributed by atoms with van der Waals surface area (Å²) < 4.78 is 11.5. The lowest BCUT2D eigenvalue weighted by Crippen LogP contribution is -2.44. The summed E-state index contributed by atoms with van der Waals surface area (Å²) in [5.74, 6) is 1.01. The molecule has 0 aromatic heterocycles. The number of ketones is 1. The number of carbonyl (C=O) groups excluding carboxylic acids is 1. The molecule has 0 aliphatic carbocycles. The molecule has 1 heterocycles. The predicted molar refractivity (Wildman–Crippen MR) is 103 cm³/mol. The van der Waals surface area contributed by atoms with Crippen molar-refractivity contribution in [2.75, 3.05) is 6.61 Å². The van der Waals surface area contributed by atoms with Crippen LogP contribution in [0.4, 0.5) is 0 Å². The summed E-state index contributed by atoms with van der Waals surface area (Å²) >= 11 is 11.7. The fourth-order valence-corrected chi connectivity index (χ4v) is 3.31. The Balaban J connectivity index is 2.56. The third-order valence-electron chi connectivity index (χ3n) is 3.67. The summed E-state index contributed by atoms with van der Waals surface area (Å²) in [4.78, 5) is 12.1. The van der Waals surface area contributed by atoms with Gasteiger partial charge in [-0.2, -0.15) is 0 Å². The number of allylic oxidation sites excluding steroid dienone is 1. The standard InChI is InChI=1S/C18H23ClN2O3S/c1-6-23-14-8-12(7-13(19)17(14)24-9(2)3)16-15(11(5)22)10(4)20-18(25)21-16/h7-9,16H,6H2,1-5H3,(H2,20,21,25). The third-order valence-corrected chi connectivity index (χ3v) is 4.17. The maximum atomic E-state index is 12.1. The largest absolute Gasteiger partial charge is 0.490 e. The molecule has 5 nitrogen and oxygen atoms in total. The van der Waals surface area contributed by atoms with Crippen LogP contribution in [-0.4, -0.2) is 23.6 Å². The number of ether oxygens (including phenoxy) is 2. The lowest BCUT2D eigenvalue weighted by Gasteiger charge is -2.30. The average Bonchev–Trinajstić information content (AvgIpc) is 2.49. The minimum absolute atomic E-state index is 0.0398. The Morgan fingerprint density at radius 1 is 1.40 bits per heavy atom. The van der Waals surface area contributed by atoms with Gasteiger partial charge in [-0.1, -0.05) is 11.6 Å². The minimum Gasteiger partial charge on any atom is -0.490 e. The highest BCUT2D eigenvalue weighted by molar-refractivity contribution is 7.80. The van der Waals surface area contributed by atoms with Crippen LogP contribution in [0.1, 0.15) is 46.2 Å². The Bertz CT molecular complexity index is 731. The van der Waals surface area contributed by atoms with E-state index in [1.54, 1.807) is 6.07 Å². The van der Waals surface area contributed by atoms with E-state index in [1.807, 2.05) is 33.8 Å². The van der Waals surface area contributed by atoms with Crippen molar-refractivity contribution in [1.82, 2.24) is 10.6 Å². The van der Waals surface area contributed by atoms with Crippen molar-refractivity contribution in [3.63, 3.8) is 0 Å². The van der Waals surface area contributed by atoms with Crippen molar-refractivity contribution in [2.45, 2.75) is 46.8 Å². The molecule has 2 N–H and O–H groups in total. The Kier molecular flexibility index (Phi) is 6.30. The summed E-state index contributed by atoms with van der Waals surface area (Å²) in [5.41, 5.74) is 2.14. The molecule has 0 bridgehead atoms. The van der Waals surface area contributed by atoms with Crippen LogP contribution < -0.4 is 20.1 Å². The molecule has 2 rings (SSSR count). The van der Waals surface area contributed by atoms with Gasteiger partial charge >= 0.3 is 0 Å². The number of hydrogen-bond donors (Lipinski definition) is 2. The molecule has 0 radical (unpaired) electrons. The van der Waals surface area contributed by atoms with Crippen LogP contribution in [0.15, 0.2) is 23.4 Å². The first-order valence-electron chi connectivity index (χ1n) is 8.16. The number of Topliss-reactive ketones (excluding diaryl/α,β-unsaturated/α-hetero) is 1. The van der Waals surface area contributed by atoms with E-state index in [4.69, 9.17) is 33.3 Å². The zero-order valence-electron chi connectivity index (χ0n) is 15.0. The second kappa shape index (κ2) is 8.06. The number of rotatable bonds is 6. The van der Waals surface area contributed by atoms with E-state index in [0.29, 0.717) is 33.8 Å². The molecule has 1 atom stereocenters. The summed E-state index contributed by atoms with van der Waals surface area (Å²) in [6.07, 6.45) is -0.0398. The lowest BCUT2D eigenvalue weighted by atomic mass is 9.93. The topological polar surface area (TPSA) is 59.6 Å². The van der Waals surface area contributed by atoms with Gasteiger partial charge in [-0.3, -0.25) is 4.79 Å². The zero-order chi connectivity index (χ0) is 18.7. The predicted octanol–water partition coefficient (Wildman–Crippen LogP) is 3.91. The van der Waals surface area contributed by atoms with Crippen molar-refractivity contribution in [1.29, 1.82) is 0 Å². The fraction of sp³-hybridized carbons (Fsp3) is 0.444. The molecule has 0 amide bonds. The summed E-state index contributed by atoms with van der Waals surface area (Å²) in [6, 6.07) is 3.23. The van der Waals surface area contributed by atoms with Gasteiger partial charge < -0.3 is 20.1 Å². The Hall–Kier alpha value is -1.79. The highest BCUT2D eigenvalue weighted by atomic mass is 35.5. The number of thiocarbonyl (C=S) groups is 1. The summed E-state index contributed by atoms with van der Waals surface area (Å²) in [6.45, 7) is 9.58. The maximum Gasteiger partial charge on any atom is 0.180 e. The Labute approximate surface area is 158 Å². The van der Waals surface area contributed by atoms with Gasteiger partial charge in [0, 0.05) is 11.3 Å². The van der Waals surface area contributed by atoms with Gasteiger partial charge in [0.25, 0.3) is 0 Å². The lowest BCUT2D eigenvalue weighted by molar-refractivity contribution is -0.114. The van der Waals surface area contributed by atoms with E-state index >= 15 is 0 Å². The van der Waals surface area contributed by atoms with Crippen LogP contribution in [0.25, 0.3) is 0 Å². The monoisotopic (exact) mass is 382 g/mol. The van der Waals surface area contributed by atoms with Crippen LogP contribution in [0, 0.1) is 0 Å². The van der Waals surface area contributed by atoms with Crippen molar-refractivity contribution in [2.24, 2.45) is 0 Å². The molecule has 0 saturated heterocycles. The van der Waals surface area contributed by atoms with Crippen LogP contribution in [0.2, 0.25) is 5.02 Å². The van der Waals surface area contributed by atoms with Gasteiger partial charge in [0.1, 0.15) is 0 Å². The first-order chi connectivity index (χ1) is 11.7. The number of benzene rings is 1. The second-order valence-corrected chi connectivity index (χ2v) is 6.87. The quantitative estimate of drug-likeness (QED) is 0.727. The molecule has 1 aliphatic rings. The van der Waals surface area contributed by atoms with Crippen molar-refractivity contribution in [3.8, 4) is 11.5 Å². The Morgan fingerprint density at radius 3 is 2.64 bits per heavy atom. The van der Waals surface area contributed by atoms with Gasteiger partial charge in [-0.05, 0) is 64.5 Å². The maximum absolute atomic E-state index is 12.1. The second-order valence-electron chi connectivity index (χ2n) is 6.06. The zero-order valence-corrected chi connectivity index (χ0v) is 16.6. The molecular formula is C18H23ClN2O3S. The average molecular weight is 383 g/mol. The highest BCUT2D eigenvalue weighted by Gasteiger charge is 2.29. The summed E-state index contributed by atoms with van der Waals surface area (Å²) in [7, 11) is 0. The molecule has 0 saturated carbocycles. The first-order valence-corrected chi connectivity index (χ1v) is 8.95. The summed E-state index contributed by atoms with van der Waals surface area (Å²) in [5, 5.41) is 7.02. The van der Waals surface area contributed by atoms with Gasteiger partial charge in [-0.25, -0.2) is 0 Å². The van der Waals surface area contributed by atoms with Crippen LogP contribution in [0.5, 0.6) is 11.5 Å². The first kappa shape index (κ1) is 19.5. The van der Waals surface area contributed by atoms with Gasteiger partial charge in [0.15, 0.2) is 22.4 Å². The van der Waals surface area contributed by atoms with E-state index in [0.717, 1.165) is 11.3 Å².